The molecular formula is C15H25N3O. The van der Waals surface area contributed by atoms with Gasteiger partial charge in [-0.25, -0.2) is 4.98 Å². The number of ether oxygens (including phenoxy) is 1. The number of hydrogen-bond donors (Lipinski definition) is 1. The largest absolute Gasteiger partial charge is 0.477 e. The van der Waals surface area contributed by atoms with Crippen LogP contribution in [0.4, 0.5) is 0 Å². The molecule has 4 nitrogen and oxygen atoms in total. The summed E-state index contributed by atoms with van der Waals surface area (Å²) in [6.45, 7) is 3.79. The smallest absolute Gasteiger partial charge is 0.232 e. The van der Waals surface area contributed by atoms with Crippen LogP contribution in [0.5, 0.6) is 5.88 Å². The van der Waals surface area contributed by atoms with Crippen molar-refractivity contribution in [2.24, 2.45) is 0 Å². The molecule has 19 heavy (non-hydrogen) atoms. The van der Waals surface area contributed by atoms with Crippen molar-refractivity contribution in [2.45, 2.75) is 64.5 Å². The van der Waals surface area contributed by atoms with Crippen molar-refractivity contribution < 1.29 is 4.74 Å². The maximum atomic E-state index is 5.59. The topological polar surface area (TPSA) is 47.0 Å². The van der Waals surface area contributed by atoms with Gasteiger partial charge in [0.15, 0.2) is 0 Å². The molecule has 0 amide bonds. The van der Waals surface area contributed by atoms with Gasteiger partial charge in [-0.2, -0.15) is 0 Å². The summed E-state index contributed by atoms with van der Waals surface area (Å²) < 4.78 is 5.59. The van der Waals surface area contributed by atoms with Gasteiger partial charge < -0.3 is 10.1 Å². The number of nitrogens with one attached hydrogen (secondary N) is 1. The van der Waals surface area contributed by atoms with E-state index in [9.17, 15) is 0 Å². The summed E-state index contributed by atoms with van der Waals surface area (Å²) in [4.78, 5) is 8.64. The Bertz CT molecular complexity index is 349. The molecule has 1 heterocycles. The van der Waals surface area contributed by atoms with Crippen molar-refractivity contribution in [3.05, 3.63) is 18.1 Å². The van der Waals surface area contributed by atoms with Gasteiger partial charge in [-0.3, -0.25) is 4.98 Å². The Labute approximate surface area is 116 Å². The van der Waals surface area contributed by atoms with E-state index in [-0.39, 0.29) is 0 Å². The van der Waals surface area contributed by atoms with E-state index >= 15 is 0 Å². The summed E-state index contributed by atoms with van der Waals surface area (Å²) in [6, 6.07) is 0.709. The Morgan fingerprint density at radius 3 is 2.68 bits per heavy atom. The van der Waals surface area contributed by atoms with Gasteiger partial charge in [-0.15, -0.1) is 0 Å². The minimum absolute atomic E-state index is 0.644. The number of rotatable bonds is 10. The second-order valence-corrected chi connectivity index (χ2v) is 5.26. The minimum atomic E-state index is 0.644. The van der Waals surface area contributed by atoms with E-state index in [4.69, 9.17) is 4.74 Å². The lowest BCUT2D eigenvalue weighted by atomic mass is 10.2. The summed E-state index contributed by atoms with van der Waals surface area (Å²) >= 11 is 0. The lowest BCUT2D eigenvalue weighted by Gasteiger charge is -2.06. The quantitative estimate of drug-likeness (QED) is 0.659. The van der Waals surface area contributed by atoms with E-state index in [1.165, 1.54) is 38.5 Å². The van der Waals surface area contributed by atoms with Gasteiger partial charge in [0.05, 0.1) is 24.7 Å². The Kier molecular flexibility index (Phi) is 6.08. The van der Waals surface area contributed by atoms with Crippen LogP contribution in [0, 0.1) is 0 Å². The first-order chi connectivity index (χ1) is 9.38. The third-order valence-corrected chi connectivity index (χ3v) is 3.33. The zero-order valence-electron chi connectivity index (χ0n) is 11.9. The van der Waals surface area contributed by atoms with Crippen molar-refractivity contribution in [1.82, 2.24) is 15.3 Å². The highest BCUT2D eigenvalue weighted by atomic mass is 16.5. The Balaban J connectivity index is 1.58. The molecule has 0 aliphatic heterocycles. The summed E-state index contributed by atoms with van der Waals surface area (Å²) in [7, 11) is 0. The predicted octanol–water partition coefficient (Wildman–Crippen LogP) is 3.08. The monoisotopic (exact) mass is 263 g/mol. The van der Waals surface area contributed by atoms with Gasteiger partial charge in [-0.05, 0) is 19.3 Å². The fraction of sp³-hybridized carbons (Fsp3) is 0.733. The summed E-state index contributed by atoms with van der Waals surface area (Å²) in [5, 5.41) is 3.42. The van der Waals surface area contributed by atoms with Crippen LogP contribution in [-0.4, -0.2) is 22.6 Å². The Morgan fingerprint density at radius 2 is 2.00 bits per heavy atom. The van der Waals surface area contributed by atoms with Crippen molar-refractivity contribution in [1.29, 1.82) is 0 Å². The van der Waals surface area contributed by atoms with Crippen LogP contribution in [0.3, 0.4) is 0 Å². The zero-order valence-corrected chi connectivity index (χ0v) is 11.9. The summed E-state index contributed by atoms with van der Waals surface area (Å²) in [5.74, 6) is 0.644. The molecule has 0 bridgehead atoms. The molecule has 1 aliphatic rings. The fourth-order valence-corrected chi connectivity index (χ4v) is 1.93. The van der Waals surface area contributed by atoms with Crippen LogP contribution >= 0.6 is 0 Å². The van der Waals surface area contributed by atoms with Crippen LogP contribution in [0.2, 0.25) is 0 Å². The molecule has 2 rings (SSSR count). The third-order valence-electron chi connectivity index (χ3n) is 3.33. The summed E-state index contributed by atoms with van der Waals surface area (Å²) in [5.41, 5.74) is 0.988. The SMILES string of the molecule is CCCCCCCOc1cnc(CNC2CC2)cn1. The lowest BCUT2D eigenvalue weighted by Crippen LogP contribution is -2.16. The van der Waals surface area contributed by atoms with Crippen molar-refractivity contribution >= 4 is 0 Å². The van der Waals surface area contributed by atoms with Gasteiger partial charge in [-0.1, -0.05) is 32.6 Å². The first-order valence-corrected chi connectivity index (χ1v) is 7.55. The third kappa shape index (κ3) is 6.01. The highest BCUT2D eigenvalue weighted by molar-refractivity contribution is 5.07. The van der Waals surface area contributed by atoms with E-state index in [2.05, 4.69) is 22.2 Å². The van der Waals surface area contributed by atoms with Crippen molar-refractivity contribution in [3.63, 3.8) is 0 Å². The van der Waals surface area contributed by atoms with Crippen LogP contribution in [0.25, 0.3) is 0 Å². The second-order valence-electron chi connectivity index (χ2n) is 5.26. The van der Waals surface area contributed by atoms with E-state index in [1.54, 1.807) is 6.20 Å². The highest BCUT2D eigenvalue weighted by Crippen LogP contribution is 2.19. The lowest BCUT2D eigenvalue weighted by molar-refractivity contribution is 0.292. The number of nitrogens with zero attached hydrogens (tertiary/aromatic N) is 2. The molecule has 1 fully saturated rings. The first-order valence-electron chi connectivity index (χ1n) is 7.55. The molecule has 1 saturated carbocycles. The van der Waals surface area contributed by atoms with Gasteiger partial charge >= 0.3 is 0 Å². The van der Waals surface area contributed by atoms with Crippen LogP contribution in [-0.2, 0) is 6.54 Å². The predicted molar refractivity (Wildman–Crippen MR) is 76.1 cm³/mol. The first kappa shape index (κ1) is 14.3. The Morgan fingerprint density at radius 1 is 1.16 bits per heavy atom. The molecule has 4 heteroatoms. The molecule has 0 unspecified atom stereocenters. The molecule has 0 atom stereocenters. The number of aromatic nitrogens is 2. The van der Waals surface area contributed by atoms with E-state index in [0.29, 0.717) is 11.9 Å². The molecule has 1 N–H and O–H groups in total. The number of hydrogen-bond acceptors (Lipinski definition) is 4. The normalized spacial score (nSPS) is 14.6. The zero-order chi connectivity index (χ0) is 13.3. The van der Waals surface area contributed by atoms with E-state index in [1.807, 2.05) is 6.20 Å². The average Bonchev–Trinajstić information content (AvgIpc) is 3.26. The molecule has 1 aromatic rings. The van der Waals surface area contributed by atoms with Crippen molar-refractivity contribution in [3.8, 4) is 5.88 Å². The molecule has 106 valence electrons. The Hall–Kier alpha value is -1.16. The van der Waals surface area contributed by atoms with E-state index < -0.39 is 0 Å². The van der Waals surface area contributed by atoms with Crippen molar-refractivity contribution in [2.75, 3.05) is 6.61 Å². The van der Waals surface area contributed by atoms with Gasteiger partial charge in [0.1, 0.15) is 0 Å². The second kappa shape index (κ2) is 8.10. The van der Waals surface area contributed by atoms with Crippen LogP contribution in [0.15, 0.2) is 12.4 Å². The van der Waals surface area contributed by atoms with Crippen LogP contribution < -0.4 is 10.1 Å². The van der Waals surface area contributed by atoms with E-state index in [0.717, 1.165) is 25.3 Å². The number of unbranched alkanes of at least 4 members (excludes halogenated alkanes) is 4. The van der Waals surface area contributed by atoms with Crippen LogP contribution in [0.1, 0.15) is 57.6 Å². The standard InChI is InChI=1S/C15H25N3O/c1-2-3-4-5-6-9-19-15-12-17-14(11-18-15)10-16-13-7-8-13/h11-13,16H,2-10H2,1H3. The molecular weight excluding hydrogens is 238 g/mol. The average molecular weight is 263 g/mol. The molecule has 1 aliphatic carbocycles. The fourth-order valence-electron chi connectivity index (χ4n) is 1.93. The molecule has 0 radical (unpaired) electrons. The molecule has 1 aromatic heterocycles. The maximum Gasteiger partial charge on any atom is 0.232 e. The van der Waals surface area contributed by atoms with Gasteiger partial charge in [0.2, 0.25) is 5.88 Å². The molecule has 0 aromatic carbocycles. The maximum absolute atomic E-state index is 5.59. The summed E-state index contributed by atoms with van der Waals surface area (Å²) in [6.07, 6.45) is 12.4. The highest BCUT2D eigenvalue weighted by Gasteiger charge is 2.20. The van der Waals surface area contributed by atoms with Gasteiger partial charge in [0.25, 0.3) is 0 Å². The molecule has 0 spiro atoms. The molecule has 0 saturated heterocycles. The minimum Gasteiger partial charge on any atom is -0.477 e. The van der Waals surface area contributed by atoms with Gasteiger partial charge in [0, 0.05) is 12.6 Å².